The summed E-state index contributed by atoms with van der Waals surface area (Å²) in [5, 5.41) is 2.93. The van der Waals surface area contributed by atoms with Gasteiger partial charge in [-0.05, 0) is 44.2 Å². The normalized spacial score (nSPS) is 11.8. The number of fused-ring (bicyclic) bond motifs is 1. The maximum absolute atomic E-state index is 12.7. The van der Waals surface area contributed by atoms with Gasteiger partial charge in [-0.15, -0.1) is 0 Å². The van der Waals surface area contributed by atoms with Crippen molar-refractivity contribution in [3.8, 4) is 0 Å². The summed E-state index contributed by atoms with van der Waals surface area (Å²) < 4.78 is 5.80. The number of nitrogens with zero attached hydrogens (tertiary/aromatic N) is 1. The number of H-pyrrole nitrogens is 1. The summed E-state index contributed by atoms with van der Waals surface area (Å²) in [4.78, 5) is 52.0. The molecule has 3 rings (SSSR count). The fourth-order valence-corrected chi connectivity index (χ4v) is 2.83. The van der Waals surface area contributed by atoms with Crippen molar-refractivity contribution >= 4 is 28.5 Å². The Morgan fingerprint density at radius 1 is 1.14 bits per heavy atom. The van der Waals surface area contributed by atoms with Gasteiger partial charge in [0.05, 0.1) is 23.1 Å². The Hall–Kier alpha value is -3.68. The van der Waals surface area contributed by atoms with E-state index in [-0.39, 0.29) is 12.2 Å². The van der Waals surface area contributed by atoms with Gasteiger partial charge < -0.3 is 15.0 Å². The lowest BCUT2D eigenvalue weighted by Gasteiger charge is -2.15. The van der Waals surface area contributed by atoms with Crippen molar-refractivity contribution in [2.75, 3.05) is 11.9 Å². The molecule has 8 nitrogen and oxygen atoms in total. The van der Waals surface area contributed by atoms with Crippen molar-refractivity contribution in [1.29, 1.82) is 0 Å². The molecule has 0 spiro atoms. The molecule has 0 aliphatic carbocycles. The zero-order chi connectivity index (χ0) is 20.3. The number of carbonyl (C=O) groups is 2. The maximum Gasteiger partial charge on any atom is 0.338 e. The molecule has 0 radical (unpaired) electrons. The third-order valence-corrected chi connectivity index (χ3v) is 4.24. The predicted octanol–water partition coefficient (Wildman–Crippen LogP) is 2.07. The van der Waals surface area contributed by atoms with E-state index in [4.69, 9.17) is 4.74 Å². The van der Waals surface area contributed by atoms with E-state index in [0.717, 1.165) is 4.57 Å². The smallest absolute Gasteiger partial charge is 0.338 e. The van der Waals surface area contributed by atoms with Gasteiger partial charge in [0.25, 0.3) is 5.56 Å². The van der Waals surface area contributed by atoms with E-state index in [2.05, 4.69) is 10.3 Å². The molecule has 8 heteroatoms. The van der Waals surface area contributed by atoms with E-state index in [0.29, 0.717) is 16.6 Å². The lowest BCUT2D eigenvalue weighted by Crippen LogP contribution is -2.41. The third-order valence-electron chi connectivity index (χ3n) is 4.24. The number of hydrogen-bond donors (Lipinski definition) is 2. The molecule has 28 heavy (non-hydrogen) atoms. The molecule has 1 heterocycles. The number of carbonyl (C=O) groups excluding carboxylic acids is 2. The number of anilines is 1. The first kappa shape index (κ1) is 19.1. The fraction of sp³-hybridized carbons (Fsp3) is 0.200. The van der Waals surface area contributed by atoms with E-state index in [1.807, 2.05) is 0 Å². The molecule has 2 aromatic carbocycles. The summed E-state index contributed by atoms with van der Waals surface area (Å²) in [6, 6.07) is 11.7. The van der Waals surface area contributed by atoms with Crippen LogP contribution in [0.25, 0.3) is 10.9 Å². The van der Waals surface area contributed by atoms with Crippen LogP contribution in [0.2, 0.25) is 0 Å². The van der Waals surface area contributed by atoms with E-state index in [9.17, 15) is 19.2 Å². The first-order valence-electron chi connectivity index (χ1n) is 8.74. The van der Waals surface area contributed by atoms with Gasteiger partial charge in [-0.25, -0.2) is 14.2 Å². The molecule has 0 bridgehead atoms. The van der Waals surface area contributed by atoms with Crippen molar-refractivity contribution in [1.82, 2.24) is 9.55 Å². The van der Waals surface area contributed by atoms with Crippen LogP contribution < -0.4 is 16.6 Å². The zero-order valence-corrected chi connectivity index (χ0v) is 15.4. The summed E-state index contributed by atoms with van der Waals surface area (Å²) in [5.74, 6) is -1.07. The number of benzene rings is 2. The number of esters is 1. The minimum Gasteiger partial charge on any atom is -0.462 e. The van der Waals surface area contributed by atoms with Crippen LogP contribution in [0.15, 0.2) is 58.1 Å². The molecule has 1 aromatic heterocycles. The van der Waals surface area contributed by atoms with Crippen molar-refractivity contribution in [2.45, 2.75) is 19.9 Å². The Morgan fingerprint density at radius 2 is 1.89 bits per heavy atom. The number of aromatic amines is 1. The molecule has 144 valence electrons. The first-order chi connectivity index (χ1) is 13.4. The first-order valence-corrected chi connectivity index (χ1v) is 8.74. The third kappa shape index (κ3) is 3.71. The Balaban J connectivity index is 1.89. The monoisotopic (exact) mass is 381 g/mol. The number of aromatic nitrogens is 2. The Kier molecular flexibility index (Phi) is 5.39. The Morgan fingerprint density at radius 3 is 2.64 bits per heavy atom. The van der Waals surface area contributed by atoms with Gasteiger partial charge in [0.2, 0.25) is 5.91 Å². The fourth-order valence-electron chi connectivity index (χ4n) is 2.83. The number of rotatable bonds is 5. The predicted molar refractivity (Wildman–Crippen MR) is 105 cm³/mol. The van der Waals surface area contributed by atoms with Crippen LogP contribution in [0, 0.1) is 0 Å². The number of para-hydroxylation sites is 1. The number of hydrogen-bond acceptors (Lipinski definition) is 5. The highest BCUT2D eigenvalue weighted by atomic mass is 16.5. The summed E-state index contributed by atoms with van der Waals surface area (Å²) in [6.07, 6.45) is 0. The van der Waals surface area contributed by atoms with Crippen molar-refractivity contribution < 1.29 is 14.3 Å². The second-order valence-corrected chi connectivity index (χ2v) is 6.12. The van der Waals surface area contributed by atoms with E-state index < -0.39 is 29.2 Å². The van der Waals surface area contributed by atoms with Crippen LogP contribution in [0.5, 0.6) is 0 Å². The van der Waals surface area contributed by atoms with Gasteiger partial charge in [-0.1, -0.05) is 18.2 Å². The molecule has 0 unspecified atom stereocenters. The standard InChI is InChI=1S/C20H19N3O5/c1-3-28-19(26)13-7-6-8-14(11-13)21-17(24)12(2)23-18(25)15-9-4-5-10-16(15)22-20(23)27/h4-12H,3H2,1-2H3,(H,21,24)(H,22,27)/t12-/m0/s1. The van der Waals surface area contributed by atoms with Gasteiger partial charge in [0.15, 0.2) is 0 Å². The average Bonchev–Trinajstić information content (AvgIpc) is 2.68. The van der Waals surface area contributed by atoms with E-state index in [1.54, 1.807) is 49.4 Å². The van der Waals surface area contributed by atoms with Crippen LogP contribution >= 0.6 is 0 Å². The quantitative estimate of drug-likeness (QED) is 0.658. The van der Waals surface area contributed by atoms with Gasteiger partial charge in [0.1, 0.15) is 6.04 Å². The topological polar surface area (TPSA) is 110 Å². The number of amides is 1. The second kappa shape index (κ2) is 7.91. The second-order valence-electron chi connectivity index (χ2n) is 6.12. The SMILES string of the molecule is CCOC(=O)c1cccc(NC(=O)[C@H](C)n2c(=O)[nH]c3ccccc3c2=O)c1. The number of ether oxygens (including phenoxy) is 1. The molecule has 1 amide bonds. The molecule has 3 aromatic rings. The van der Waals surface area contributed by atoms with Gasteiger partial charge >= 0.3 is 11.7 Å². The summed E-state index contributed by atoms with van der Waals surface area (Å²) in [7, 11) is 0. The molecule has 0 saturated carbocycles. The minimum absolute atomic E-state index is 0.236. The Bertz CT molecular complexity index is 1160. The zero-order valence-electron chi connectivity index (χ0n) is 15.4. The molecule has 0 aliphatic rings. The molecule has 2 N–H and O–H groups in total. The van der Waals surface area contributed by atoms with Crippen LogP contribution in [0.1, 0.15) is 30.2 Å². The van der Waals surface area contributed by atoms with Crippen LogP contribution in [0.4, 0.5) is 5.69 Å². The van der Waals surface area contributed by atoms with Crippen molar-refractivity contribution in [2.24, 2.45) is 0 Å². The van der Waals surface area contributed by atoms with Crippen molar-refractivity contribution in [3.63, 3.8) is 0 Å². The highest BCUT2D eigenvalue weighted by Crippen LogP contribution is 2.14. The summed E-state index contributed by atoms with van der Waals surface area (Å²) in [6.45, 7) is 3.39. The van der Waals surface area contributed by atoms with Gasteiger partial charge in [0, 0.05) is 5.69 Å². The highest BCUT2D eigenvalue weighted by molar-refractivity contribution is 5.96. The van der Waals surface area contributed by atoms with Crippen LogP contribution in [-0.2, 0) is 9.53 Å². The molecular formula is C20H19N3O5. The van der Waals surface area contributed by atoms with E-state index >= 15 is 0 Å². The lowest BCUT2D eigenvalue weighted by atomic mass is 10.2. The summed E-state index contributed by atoms with van der Waals surface area (Å²) >= 11 is 0. The highest BCUT2D eigenvalue weighted by Gasteiger charge is 2.20. The van der Waals surface area contributed by atoms with Crippen LogP contribution in [-0.4, -0.2) is 28.0 Å². The van der Waals surface area contributed by atoms with Crippen molar-refractivity contribution in [3.05, 3.63) is 74.9 Å². The van der Waals surface area contributed by atoms with Gasteiger partial charge in [-0.3, -0.25) is 9.59 Å². The maximum atomic E-state index is 12.7. The molecule has 1 atom stereocenters. The molecule has 0 fully saturated rings. The molecule has 0 aliphatic heterocycles. The average molecular weight is 381 g/mol. The van der Waals surface area contributed by atoms with E-state index in [1.165, 1.54) is 13.0 Å². The summed E-state index contributed by atoms with van der Waals surface area (Å²) in [5.41, 5.74) is -0.182. The minimum atomic E-state index is -1.06. The Labute approximate surface area is 159 Å². The van der Waals surface area contributed by atoms with Crippen LogP contribution in [0.3, 0.4) is 0 Å². The molecular weight excluding hydrogens is 362 g/mol. The molecule has 0 saturated heterocycles. The number of nitrogens with one attached hydrogen (secondary N) is 2. The van der Waals surface area contributed by atoms with Gasteiger partial charge in [-0.2, -0.15) is 0 Å². The lowest BCUT2D eigenvalue weighted by molar-refractivity contribution is -0.119. The largest absolute Gasteiger partial charge is 0.462 e.